The molecule has 0 amide bonds. The number of hydrogen-bond acceptors (Lipinski definition) is 3. The summed E-state index contributed by atoms with van der Waals surface area (Å²) in [6.45, 7) is 8.45. The van der Waals surface area contributed by atoms with E-state index in [0.29, 0.717) is 32.1 Å². The molecule has 0 bridgehead atoms. The molecule has 0 aromatic carbocycles. The highest BCUT2D eigenvalue weighted by Crippen LogP contribution is 2.23. The fourth-order valence-electron chi connectivity index (χ4n) is 2.99. The molecule has 116 valence electrons. The molecule has 0 radical (unpaired) electrons. The largest absolute Gasteiger partial charge is 0.317 e. The molecule has 1 N–H and O–H groups in total. The lowest BCUT2D eigenvalue weighted by Gasteiger charge is -2.36. The van der Waals surface area contributed by atoms with Crippen molar-refractivity contribution in [2.75, 3.05) is 39.3 Å². The third-order valence-electron chi connectivity index (χ3n) is 4.11. The molecule has 0 aromatic rings. The van der Waals surface area contributed by atoms with Gasteiger partial charge in [0.15, 0.2) is 0 Å². The van der Waals surface area contributed by atoms with E-state index in [1.807, 2.05) is 6.92 Å². The second-order valence-corrected chi connectivity index (χ2v) is 7.78. The Morgan fingerprint density at radius 2 is 2.15 bits per heavy atom. The van der Waals surface area contributed by atoms with E-state index in [-0.39, 0.29) is 0 Å². The maximum atomic E-state index is 12.7. The van der Waals surface area contributed by atoms with Gasteiger partial charge in [-0.2, -0.15) is 17.0 Å². The van der Waals surface area contributed by atoms with E-state index in [2.05, 4.69) is 18.3 Å². The van der Waals surface area contributed by atoms with Crippen LogP contribution < -0.4 is 5.32 Å². The maximum absolute atomic E-state index is 12.7. The SMILES string of the molecule is CCNCC1CCCN(S(=O)(=O)N2CCC=C(C)C2)C1. The van der Waals surface area contributed by atoms with E-state index in [9.17, 15) is 8.42 Å². The summed E-state index contributed by atoms with van der Waals surface area (Å²) in [5, 5.41) is 3.33. The Labute approximate surface area is 123 Å². The molecule has 1 fully saturated rings. The molecule has 1 saturated heterocycles. The summed E-state index contributed by atoms with van der Waals surface area (Å²) >= 11 is 0. The molecule has 6 heteroatoms. The number of nitrogens with one attached hydrogen (secondary N) is 1. The van der Waals surface area contributed by atoms with Crippen molar-refractivity contribution in [1.82, 2.24) is 13.9 Å². The van der Waals surface area contributed by atoms with Crippen LogP contribution in [-0.2, 0) is 10.2 Å². The van der Waals surface area contributed by atoms with Crippen molar-refractivity contribution in [3.05, 3.63) is 11.6 Å². The Kier molecular flexibility index (Phi) is 5.60. The van der Waals surface area contributed by atoms with Gasteiger partial charge in [0.05, 0.1) is 0 Å². The number of piperidine rings is 1. The van der Waals surface area contributed by atoms with Crippen LogP contribution in [0.1, 0.15) is 33.1 Å². The van der Waals surface area contributed by atoms with Crippen molar-refractivity contribution in [3.8, 4) is 0 Å². The number of nitrogens with zero attached hydrogens (tertiary/aromatic N) is 2. The summed E-state index contributed by atoms with van der Waals surface area (Å²) in [6, 6.07) is 0. The van der Waals surface area contributed by atoms with Gasteiger partial charge in [-0.15, -0.1) is 0 Å². The van der Waals surface area contributed by atoms with Crippen LogP contribution in [0.2, 0.25) is 0 Å². The van der Waals surface area contributed by atoms with Crippen molar-refractivity contribution >= 4 is 10.2 Å². The van der Waals surface area contributed by atoms with Gasteiger partial charge >= 0.3 is 0 Å². The smallest absolute Gasteiger partial charge is 0.282 e. The summed E-state index contributed by atoms with van der Waals surface area (Å²) in [7, 11) is -3.28. The second-order valence-electron chi connectivity index (χ2n) is 5.85. The molecular weight excluding hydrogens is 274 g/mol. The van der Waals surface area contributed by atoms with Crippen LogP contribution in [0.25, 0.3) is 0 Å². The van der Waals surface area contributed by atoms with Gasteiger partial charge in [0.2, 0.25) is 0 Å². The fraction of sp³-hybridized carbons (Fsp3) is 0.857. The van der Waals surface area contributed by atoms with Crippen molar-refractivity contribution < 1.29 is 8.42 Å². The number of rotatable bonds is 5. The Bertz CT molecular complexity index is 447. The van der Waals surface area contributed by atoms with Gasteiger partial charge in [0.1, 0.15) is 0 Å². The first kappa shape index (κ1) is 15.9. The molecule has 2 heterocycles. The van der Waals surface area contributed by atoms with Gasteiger partial charge in [-0.25, -0.2) is 0 Å². The third-order valence-corrected chi connectivity index (χ3v) is 6.06. The van der Waals surface area contributed by atoms with Crippen LogP contribution in [0, 0.1) is 5.92 Å². The van der Waals surface area contributed by atoms with Gasteiger partial charge in [-0.05, 0) is 45.2 Å². The molecule has 0 saturated carbocycles. The van der Waals surface area contributed by atoms with Crippen LogP contribution in [0.15, 0.2) is 11.6 Å². The van der Waals surface area contributed by atoms with Crippen molar-refractivity contribution in [1.29, 1.82) is 0 Å². The zero-order chi connectivity index (χ0) is 14.6. The van der Waals surface area contributed by atoms with E-state index >= 15 is 0 Å². The molecule has 2 aliphatic heterocycles. The monoisotopic (exact) mass is 301 g/mol. The highest BCUT2D eigenvalue weighted by molar-refractivity contribution is 7.86. The molecule has 1 atom stereocenters. The average molecular weight is 301 g/mol. The summed E-state index contributed by atoms with van der Waals surface area (Å²) in [5.74, 6) is 0.444. The predicted molar refractivity (Wildman–Crippen MR) is 81.7 cm³/mol. The summed E-state index contributed by atoms with van der Waals surface area (Å²) < 4.78 is 28.7. The van der Waals surface area contributed by atoms with Gasteiger partial charge in [0.25, 0.3) is 10.2 Å². The quantitative estimate of drug-likeness (QED) is 0.777. The van der Waals surface area contributed by atoms with Crippen molar-refractivity contribution in [2.24, 2.45) is 5.92 Å². The van der Waals surface area contributed by atoms with E-state index < -0.39 is 10.2 Å². The van der Waals surface area contributed by atoms with Crippen LogP contribution >= 0.6 is 0 Å². The molecule has 5 nitrogen and oxygen atoms in total. The first-order valence-corrected chi connectivity index (χ1v) is 9.05. The molecule has 0 aromatic heterocycles. The van der Waals surface area contributed by atoms with Crippen molar-refractivity contribution in [3.63, 3.8) is 0 Å². The minimum atomic E-state index is -3.28. The standard InChI is InChI=1S/C14H27N3O2S/c1-3-15-10-14-7-5-9-17(12-14)20(18,19)16-8-4-6-13(2)11-16/h6,14-15H,3-5,7-12H2,1-2H3. The highest BCUT2D eigenvalue weighted by atomic mass is 32.2. The lowest BCUT2D eigenvalue weighted by molar-refractivity contribution is 0.243. The van der Waals surface area contributed by atoms with Crippen LogP contribution in [-0.4, -0.2) is 56.3 Å². The fourth-order valence-corrected chi connectivity index (χ4v) is 4.78. The minimum absolute atomic E-state index is 0.444. The molecule has 20 heavy (non-hydrogen) atoms. The van der Waals surface area contributed by atoms with Crippen LogP contribution in [0.4, 0.5) is 0 Å². The topological polar surface area (TPSA) is 52.7 Å². The van der Waals surface area contributed by atoms with Crippen LogP contribution in [0.5, 0.6) is 0 Å². The van der Waals surface area contributed by atoms with Gasteiger partial charge in [0, 0.05) is 26.2 Å². The summed E-state index contributed by atoms with van der Waals surface area (Å²) in [5.41, 5.74) is 1.15. The minimum Gasteiger partial charge on any atom is -0.317 e. The van der Waals surface area contributed by atoms with Crippen LogP contribution in [0.3, 0.4) is 0 Å². The van der Waals surface area contributed by atoms with Crippen molar-refractivity contribution in [2.45, 2.75) is 33.1 Å². The van der Waals surface area contributed by atoms with E-state index in [4.69, 9.17) is 0 Å². The Morgan fingerprint density at radius 1 is 1.35 bits per heavy atom. The second kappa shape index (κ2) is 7.02. The van der Waals surface area contributed by atoms with Gasteiger partial charge in [-0.1, -0.05) is 18.6 Å². The molecule has 2 rings (SSSR count). The Hall–Kier alpha value is -0.430. The molecule has 2 aliphatic rings. The first-order valence-electron chi connectivity index (χ1n) is 7.65. The average Bonchev–Trinajstić information content (AvgIpc) is 2.45. The number of hydrogen-bond donors (Lipinski definition) is 1. The predicted octanol–water partition coefficient (Wildman–Crippen LogP) is 1.20. The lowest BCUT2D eigenvalue weighted by atomic mass is 10.00. The Morgan fingerprint density at radius 3 is 2.85 bits per heavy atom. The zero-order valence-corrected chi connectivity index (χ0v) is 13.5. The normalized spacial score (nSPS) is 26.5. The zero-order valence-electron chi connectivity index (χ0n) is 12.6. The molecule has 1 unspecified atom stereocenters. The third kappa shape index (κ3) is 3.81. The molecule has 0 aliphatic carbocycles. The highest BCUT2D eigenvalue weighted by Gasteiger charge is 2.33. The Balaban J connectivity index is 2.00. The van der Waals surface area contributed by atoms with E-state index in [1.54, 1.807) is 8.61 Å². The first-order chi connectivity index (χ1) is 9.54. The lowest BCUT2D eigenvalue weighted by Crippen LogP contribution is -2.50. The summed E-state index contributed by atoms with van der Waals surface area (Å²) in [6.07, 6.45) is 5.06. The van der Waals surface area contributed by atoms with E-state index in [1.165, 1.54) is 0 Å². The molecule has 0 spiro atoms. The van der Waals surface area contributed by atoms with Gasteiger partial charge < -0.3 is 5.32 Å². The maximum Gasteiger partial charge on any atom is 0.282 e. The summed E-state index contributed by atoms with van der Waals surface area (Å²) in [4.78, 5) is 0. The van der Waals surface area contributed by atoms with E-state index in [0.717, 1.165) is 37.9 Å². The van der Waals surface area contributed by atoms with Gasteiger partial charge in [-0.3, -0.25) is 0 Å². The molecular formula is C14H27N3O2S.